The third-order valence-electron chi connectivity index (χ3n) is 4.10. The number of ether oxygens (including phenoxy) is 2. The molecule has 0 aromatic heterocycles. The minimum absolute atomic E-state index is 0.118. The van der Waals surface area contributed by atoms with Crippen LogP contribution in [-0.2, 0) is 4.74 Å². The average Bonchev–Trinajstić information content (AvgIpc) is 2.52. The minimum Gasteiger partial charge on any atom is -0.496 e. The van der Waals surface area contributed by atoms with Gasteiger partial charge in [0.2, 0.25) is 0 Å². The molecule has 0 heterocycles. The number of methoxy groups -OCH3 is 1. The molecule has 0 unspecified atom stereocenters. The summed E-state index contributed by atoms with van der Waals surface area (Å²) in [5, 5.41) is 2.88. The molecule has 0 aliphatic heterocycles. The van der Waals surface area contributed by atoms with Gasteiger partial charge in [-0.25, -0.2) is 0 Å². The first-order valence-electron chi connectivity index (χ1n) is 7.75. The Bertz CT molecular complexity index is 461. The van der Waals surface area contributed by atoms with Gasteiger partial charge in [-0.05, 0) is 30.9 Å². The van der Waals surface area contributed by atoms with Crippen molar-refractivity contribution in [2.24, 2.45) is 5.92 Å². The largest absolute Gasteiger partial charge is 0.496 e. The fourth-order valence-corrected chi connectivity index (χ4v) is 2.83. The smallest absolute Gasteiger partial charge is 0.255 e. The highest BCUT2D eigenvalue weighted by molar-refractivity contribution is 5.96. The second-order valence-corrected chi connectivity index (χ2v) is 5.63. The van der Waals surface area contributed by atoms with Crippen LogP contribution in [0.5, 0.6) is 5.75 Å². The molecule has 1 fully saturated rings. The lowest BCUT2D eigenvalue weighted by Crippen LogP contribution is -2.32. The molecule has 1 saturated carbocycles. The van der Waals surface area contributed by atoms with Crippen LogP contribution in [0.4, 0.5) is 0 Å². The van der Waals surface area contributed by atoms with Crippen molar-refractivity contribution in [1.29, 1.82) is 0 Å². The zero-order chi connectivity index (χ0) is 15.1. The molecule has 1 aliphatic rings. The summed E-state index contributed by atoms with van der Waals surface area (Å²) >= 11 is 0. The number of hydrogen-bond donors (Lipinski definition) is 1. The summed E-state index contributed by atoms with van der Waals surface area (Å²) in [4.78, 5) is 12.1. The Balaban J connectivity index is 1.74. The first-order chi connectivity index (χ1) is 10.2. The molecule has 0 radical (unpaired) electrons. The molecule has 2 atom stereocenters. The van der Waals surface area contributed by atoms with Crippen LogP contribution in [0.3, 0.4) is 0 Å². The average molecular weight is 291 g/mol. The van der Waals surface area contributed by atoms with Crippen LogP contribution in [0.15, 0.2) is 24.3 Å². The Kier molecular flexibility index (Phi) is 6.05. The molecule has 116 valence electrons. The highest BCUT2D eigenvalue weighted by atomic mass is 16.5. The van der Waals surface area contributed by atoms with Gasteiger partial charge in [0.25, 0.3) is 5.91 Å². The molecule has 1 aromatic carbocycles. The second kappa shape index (κ2) is 8.03. The molecule has 0 spiro atoms. The summed E-state index contributed by atoms with van der Waals surface area (Å²) in [6.07, 6.45) is 5.30. The molecular weight excluding hydrogens is 266 g/mol. The van der Waals surface area contributed by atoms with Crippen LogP contribution in [0, 0.1) is 5.92 Å². The predicted octanol–water partition coefficient (Wildman–Crippen LogP) is 3.02. The van der Waals surface area contributed by atoms with E-state index in [2.05, 4.69) is 12.2 Å². The van der Waals surface area contributed by atoms with E-state index in [9.17, 15) is 4.79 Å². The van der Waals surface area contributed by atoms with Crippen LogP contribution >= 0.6 is 0 Å². The normalized spacial score (nSPS) is 21.8. The van der Waals surface area contributed by atoms with E-state index in [-0.39, 0.29) is 5.91 Å². The zero-order valence-corrected chi connectivity index (χ0v) is 12.9. The number of amides is 1. The molecule has 21 heavy (non-hydrogen) atoms. The van der Waals surface area contributed by atoms with Gasteiger partial charge in [0.15, 0.2) is 0 Å². The molecule has 4 heteroatoms. The van der Waals surface area contributed by atoms with Gasteiger partial charge in [-0.1, -0.05) is 31.9 Å². The van der Waals surface area contributed by atoms with Gasteiger partial charge in [0, 0.05) is 6.54 Å². The van der Waals surface area contributed by atoms with Crippen LogP contribution in [0.2, 0.25) is 0 Å². The Hall–Kier alpha value is -1.55. The highest BCUT2D eigenvalue weighted by Gasteiger charge is 2.21. The molecule has 1 aromatic rings. The summed E-state index contributed by atoms with van der Waals surface area (Å²) in [6.45, 7) is 3.34. The lowest BCUT2D eigenvalue weighted by molar-refractivity contribution is -0.00294. The van der Waals surface area contributed by atoms with Gasteiger partial charge in [-0.2, -0.15) is 0 Å². The van der Waals surface area contributed by atoms with Crippen molar-refractivity contribution in [2.45, 2.75) is 38.7 Å². The molecule has 0 bridgehead atoms. The van der Waals surface area contributed by atoms with Crippen molar-refractivity contribution in [1.82, 2.24) is 5.32 Å². The van der Waals surface area contributed by atoms with E-state index in [0.29, 0.717) is 36.5 Å². The Morgan fingerprint density at radius 3 is 2.81 bits per heavy atom. The van der Waals surface area contributed by atoms with E-state index in [4.69, 9.17) is 9.47 Å². The maximum atomic E-state index is 12.1. The van der Waals surface area contributed by atoms with Crippen molar-refractivity contribution in [3.05, 3.63) is 29.8 Å². The Morgan fingerprint density at radius 1 is 1.29 bits per heavy atom. The molecule has 0 saturated heterocycles. The van der Waals surface area contributed by atoms with Gasteiger partial charge in [0.05, 0.1) is 25.4 Å². The maximum Gasteiger partial charge on any atom is 0.255 e. The Morgan fingerprint density at radius 2 is 2.05 bits per heavy atom. The van der Waals surface area contributed by atoms with Crippen LogP contribution < -0.4 is 10.1 Å². The number of rotatable bonds is 6. The van der Waals surface area contributed by atoms with E-state index in [1.54, 1.807) is 19.2 Å². The molecule has 4 nitrogen and oxygen atoms in total. The summed E-state index contributed by atoms with van der Waals surface area (Å²) in [7, 11) is 1.57. The van der Waals surface area contributed by atoms with E-state index in [1.807, 2.05) is 12.1 Å². The summed E-state index contributed by atoms with van der Waals surface area (Å²) in [5.41, 5.74) is 0.561. The first-order valence-corrected chi connectivity index (χ1v) is 7.75. The molecule has 1 aliphatic carbocycles. The predicted molar refractivity (Wildman–Crippen MR) is 82.7 cm³/mol. The topological polar surface area (TPSA) is 47.6 Å². The van der Waals surface area contributed by atoms with Gasteiger partial charge in [-0.15, -0.1) is 0 Å². The minimum atomic E-state index is -0.118. The number of hydrogen-bond acceptors (Lipinski definition) is 3. The number of benzene rings is 1. The van der Waals surface area contributed by atoms with Gasteiger partial charge in [0.1, 0.15) is 5.75 Å². The standard InChI is InChI=1S/C17H25NO3/c1-13-7-3-5-9-15(13)21-12-11-18-17(19)14-8-4-6-10-16(14)20-2/h4,6,8,10,13,15H,3,5,7,9,11-12H2,1-2H3,(H,18,19)/t13-,15+/m0/s1. The first kappa shape index (κ1) is 15.8. The lowest BCUT2D eigenvalue weighted by Gasteiger charge is -2.28. The zero-order valence-electron chi connectivity index (χ0n) is 12.9. The van der Waals surface area contributed by atoms with Crippen molar-refractivity contribution in [3.63, 3.8) is 0 Å². The summed E-state index contributed by atoms with van der Waals surface area (Å²) < 4.78 is 11.1. The van der Waals surface area contributed by atoms with Crippen LogP contribution in [0.25, 0.3) is 0 Å². The van der Waals surface area contributed by atoms with E-state index < -0.39 is 0 Å². The van der Waals surface area contributed by atoms with Crippen molar-refractivity contribution >= 4 is 5.91 Å². The van der Waals surface area contributed by atoms with Crippen molar-refractivity contribution in [3.8, 4) is 5.75 Å². The second-order valence-electron chi connectivity index (χ2n) is 5.63. The van der Waals surface area contributed by atoms with Crippen molar-refractivity contribution in [2.75, 3.05) is 20.3 Å². The fraction of sp³-hybridized carbons (Fsp3) is 0.588. The Labute approximate surface area is 126 Å². The highest BCUT2D eigenvalue weighted by Crippen LogP contribution is 2.26. The summed E-state index contributed by atoms with van der Waals surface area (Å²) in [6, 6.07) is 7.23. The van der Waals surface area contributed by atoms with Crippen LogP contribution in [-0.4, -0.2) is 32.3 Å². The fourth-order valence-electron chi connectivity index (χ4n) is 2.83. The quantitative estimate of drug-likeness (QED) is 0.820. The molecular formula is C17H25NO3. The third-order valence-corrected chi connectivity index (χ3v) is 4.10. The van der Waals surface area contributed by atoms with Gasteiger partial charge in [-0.3, -0.25) is 4.79 Å². The van der Waals surface area contributed by atoms with E-state index >= 15 is 0 Å². The van der Waals surface area contributed by atoms with Crippen LogP contribution in [0.1, 0.15) is 43.0 Å². The molecule has 1 N–H and O–H groups in total. The van der Waals surface area contributed by atoms with E-state index in [0.717, 1.165) is 6.42 Å². The van der Waals surface area contributed by atoms with Crippen molar-refractivity contribution < 1.29 is 14.3 Å². The van der Waals surface area contributed by atoms with Gasteiger partial charge < -0.3 is 14.8 Å². The third kappa shape index (κ3) is 4.46. The monoisotopic (exact) mass is 291 g/mol. The summed E-state index contributed by atoms with van der Waals surface area (Å²) in [5.74, 6) is 1.10. The van der Waals surface area contributed by atoms with Gasteiger partial charge >= 0.3 is 0 Å². The SMILES string of the molecule is COc1ccccc1C(=O)NCCO[C@@H]1CCCC[C@@H]1C. The molecule has 2 rings (SSSR count). The number of carbonyl (C=O) groups excluding carboxylic acids is 1. The molecule has 1 amide bonds. The van der Waals surface area contributed by atoms with E-state index in [1.165, 1.54) is 19.3 Å². The maximum absolute atomic E-state index is 12.1. The lowest BCUT2D eigenvalue weighted by atomic mass is 9.88. The number of para-hydroxylation sites is 1. The number of nitrogens with one attached hydrogen (secondary N) is 1. The number of carbonyl (C=O) groups is 1.